The molecule has 98 valence electrons. The minimum absolute atomic E-state index is 0.185. The van der Waals surface area contributed by atoms with Gasteiger partial charge in [-0.15, -0.1) is 0 Å². The SMILES string of the molecule is COC(=O)C(Cc1c(Cl)cccc1Cl)NC(C)=O. The highest BCUT2D eigenvalue weighted by atomic mass is 35.5. The number of carbonyl (C=O) groups excluding carboxylic acids is 2. The number of hydrogen-bond donors (Lipinski definition) is 1. The molecule has 0 radical (unpaired) electrons. The van der Waals surface area contributed by atoms with E-state index in [9.17, 15) is 9.59 Å². The molecule has 0 aliphatic heterocycles. The number of carbonyl (C=O) groups is 2. The Labute approximate surface area is 115 Å². The van der Waals surface area contributed by atoms with Gasteiger partial charge in [-0.25, -0.2) is 4.79 Å². The van der Waals surface area contributed by atoms with Crippen LogP contribution < -0.4 is 5.32 Å². The zero-order valence-corrected chi connectivity index (χ0v) is 11.5. The minimum atomic E-state index is -0.801. The first-order chi connectivity index (χ1) is 8.45. The Bertz CT molecular complexity index is 442. The maximum atomic E-state index is 11.6. The predicted molar refractivity (Wildman–Crippen MR) is 69.8 cm³/mol. The fourth-order valence-corrected chi connectivity index (χ4v) is 2.06. The van der Waals surface area contributed by atoms with Crippen molar-refractivity contribution in [3.8, 4) is 0 Å². The van der Waals surface area contributed by atoms with Crippen LogP contribution in [0, 0.1) is 0 Å². The molecule has 0 aromatic heterocycles. The maximum absolute atomic E-state index is 11.6. The van der Waals surface area contributed by atoms with Crippen LogP contribution in [0.2, 0.25) is 10.0 Å². The lowest BCUT2D eigenvalue weighted by Crippen LogP contribution is -2.42. The number of hydrogen-bond acceptors (Lipinski definition) is 3. The Kier molecular flexibility index (Phi) is 5.44. The van der Waals surface area contributed by atoms with Crippen molar-refractivity contribution in [1.29, 1.82) is 0 Å². The van der Waals surface area contributed by atoms with E-state index in [2.05, 4.69) is 10.1 Å². The van der Waals surface area contributed by atoms with Crippen LogP contribution in [-0.4, -0.2) is 25.0 Å². The van der Waals surface area contributed by atoms with Gasteiger partial charge in [0.25, 0.3) is 0 Å². The second kappa shape index (κ2) is 6.61. The summed E-state index contributed by atoms with van der Waals surface area (Å²) in [4.78, 5) is 22.6. The number of ether oxygens (including phenoxy) is 1. The number of halogens is 2. The molecule has 18 heavy (non-hydrogen) atoms. The van der Waals surface area contributed by atoms with Gasteiger partial charge in [0.05, 0.1) is 7.11 Å². The van der Waals surface area contributed by atoms with E-state index < -0.39 is 12.0 Å². The fraction of sp³-hybridized carbons (Fsp3) is 0.333. The molecule has 0 heterocycles. The lowest BCUT2D eigenvalue weighted by molar-refractivity contribution is -0.144. The molecule has 1 atom stereocenters. The maximum Gasteiger partial charge on any atom is 0.328 e. The summed E-state index contributed by atoms with van der Waals surface area (Å²) in [7, 11) is 1.26. The number of esters is 1. The van der Waals surface area contributed by atoms with Gasteiger partial charge in [0.1, 0.15) is 6.04 Å². The van der Waals surface area contributed by atoms with Gasteiger partial charge in [0.2, 0.25) is 5.91 Å². The van der Waals surface area contributed by atoms with Gasteiger partial charge in [0.15, 0.2) is 0 Å². The standard InChI is InChI=1S/C12H13Cl2NO3/c1-7(16)15-11(12(17)18-2)6-8-9(13)4-3-5-10(8)14/h3-5,11H,6H2,1-2H3,(H,15,16). The van der Waals surface area contributed by atoms with Gasteiger partial charge >= 0.3 is 5.97 Å². The molecule has 1 aromatic carbocycles. The molecule has 0 bridgehead atoms. The Balaban J connectivity index is 2.95. The van der Waals surface area contributed by atoms with Crippen LogP contribution >= 0.6 is 23.2 Å². The van der Waals surface area contributed by atoms with Crippen molar-refractivity contribution in [3.05, 3.63) is 33.8 Å². The third-order valence-electron chi connectivity index (χ3n) is 2.33. The number of nitrogens with one attached hydrogen (secondary N) is 1. The van der Waals surface area contributed by atoms with Gasteiger partial charge in [-0.05, 0) is 17.7 Å². The topological polar surface area (TPSA) is 55.4 Å². The molecule has 0 saturated carbocycles. The van der Waals surface area contributed by atoms with E-state index in [1.54, 1.807) is 18.2 Å². The van der Waals surface area contributed by atoms with Crippen molar-refractivity contribution in [2.45, 2.75) is 19.4 Å². The minimum Gasteiger partial charge on any atom is -0.467 e. The van der Waals surface area contributed by atoms with Crippen LogP contribution in [0.3, 0.4) is 0 Å². The molecule has 1 amide bonds. The lowest BCUT2D eigenvalue weighted by Gasteiger charge is -2.16. The second-order valence-corrected chi connectivity index (χ2v) is 4.50. The molecular weight excluding hydrogens is 277 g/mol. The van der Waals surface area contributed by atoms with Gasteiger partial charge in [0, 0.05) is 23.4 Å². The monoisotopic (exact) mass is 289 g/mol. The summed E-state index contributed by atoms with van der Waals surface area (Å²) in [6.07, 6.45) is 0.185. The van der Waals surface area contributed by atoms with Gasteiger partial charge in [-0.1, -0.05) is 29.3 Å². The third kappa shape index (κ3) is 3.89. The average molecular weight is 290 g/mol. The number of rotatable bonds is 4. The van der Waals surface area contributed by atoms with Crippen molar-refractivity contribution in [3.63, 3.8) is 0 Å². The van der Waals surface area contributed by atoms with Gasteiger partial charge in [-0.3, -0.25) is 4.79 Å². The van der Waals surface area contributed by atoms with E-state index in [1.165, 1.54) is 14.0 Å². The Hall–Kier alpha value is -1.26. The summed E-state index contributed by atoms with van der Waals surface area (Å²) in [5, 5.41) is 3.39. The molecule has 4 nitrogen and oxygen atoms in total. The highest BCUT2D eigenvalue weighted by molar-refractivity contribution is 6.36. The lowest BCUT2D eigenvalue weighted by atomic mass is 10.1. The first kappa shape index (κ1) is 14.8. The largest absolute Gasteiger partial charge is 0.467 e. The van der Waals surface area contributed by atoms with Crippen LogP contribution in [0.5, 0.6) is 0 Å². The summed E-state index contributed by atoms with van der Waals surface area (Å²) in [5.41, 5.74) is 0.602. The van der Waals surface area contributed by atoms with Crippen LogP contribution in [0.1, 0.15) is 12.5 Å². The molecule has 0 spiro atoms. The van der Waals surface area contributed by atoms with Crippen molar-refractivity contribution in [2.24, 2.45) is 0 Å². The molecular formula is C12H13Cl2NO3. The van der Waals surface area contributed by atoms with E-state index >= 15 is 0 Å². The molecule has 1 aromatic rings. The summed E-state index contributed by atoms with van der Waals surface area (Å²) in [6, 6.07) is 4.25. The van der Waals surface area contributed by atoms with E-state index in [0.717, 1.165) is 0 Å². The fourth-order valence-electron chi connectivity index (χ4n) is 1.51. The molecule has 1 unspecified atom stereocenters. The Morgan fingerprint density at radius 2 is 1.89 bits per heavy atom. The molecule has 1 rings (SSSR count). The number of amides is 1. The van der Waals surface area contributed by atoms with Crippen molar-refractivity contribution in [2.75, 3.05) is 7.11 Å². The van der Waals surface area contributed by atoms with Crippen LogP contribution in [0.4, 0.5) is 0 Å². The quantitative estimate of drug-likeness (QED) is 0.865. The highest BCUT2D eigenvalue weighted by Gasteiger charge is 2.22. The third-order valence-corrected chi connectivity index (χ3v) is 3.04. The van der Waals surface area contributed by atoms with E-state index in [4.69, 9.17) is 23.2 Å². The molecule has 1 N–H and O–H groups in total. The summed E-state index contributed by atoms with van der Waals surface area (Å²) in [5.74, 6) is -0.866. The second-order valence-electron chi connectivity index (χ2n) is 3.68. The summed E-state index contributed by atoms with van der Waals surface area (Å²) >= 11 is 12.0. The molecule has 0 aliphatic carbocycles. The Morgan fingerprint density at radius 1 is 1.33 bits per heavy atom. The first-order valence-corrected chi connectivity index (χ1v) is 5.99. The molecule has 0 aliphatic rings. The zero-order valence-electron chi connectivity index (χ0n) is 10.00. The van der Waals surface area contributed by atoms with Crippen LogP contribution in [0.15, 0.2) is 18.2 Å². The van der Waals surface area contributed by atoms with Crippen molar-refractivity contribution in [1.82, 2.24) is 5.32 Å². The van der Waals surface area contributed by atoms with Crippen LogP contribution in [0.25, 0.3) is 0 Å². The van der Waals surface area contributed by atoms with Crippen molar-refractivity contribution < 1.29 is 14.3 Å². The number of benzene rings is 1. The first-order valence-electron chi connectivity index (χ1n) is 5.23. The van der Waals surface area contributed by atoms with Gasteiger partial charge in [-0.2, -0.15) is 0 Å². The molecule has 0 saturated heterocycles. The van der Waals surface area contributed by atoms with Gasteiger partial charge < -0.3 is 10.1 Å². The summed E-state index contributed by atoms with van der Waals surface area (Å²) in [6.45, 7) is 1.32. The van der Waals surface area contributed by atoms with E-state index in [0.29, 0.717) is 15.6 Å². The van der Waals surface area contributed by atoms with E-state index in [1.807, 2.05) is 0 Å². The Morgan fingerprint density at radius 3 is 2.33 bits per heavy atom. The number of methoxy groups -OCH3 is 1. The average Bonchev–Trinajstić information content (AvgIpc) is 2.31. The highest BCUT2D eigenvalue weighted by Crippen LogP contribution is 2.25. The van der Waals surface area contributed by atoms with Crippen molar-refractivity contribution >= 4 is 35.1 Å². The molecule has 0 fully saturated rings. The smallest absolute Gasteiger partial charge is 0.328 e. The van der Waals surface area contributed by atoms with E-state index in [-0.39, 0.29) is 12.3 Å². The van der Waals surface area contributed by atoms with Crippen LogP contribution in [-0.2, 0) is 20.7 Å². The molecule has 6 heteroatoms. The normalized spacial score (nSPS) is 11.8. The summed E-state index contributed by atoms with van der Waals surface area (Å²) < 4.78 is 4.63. The zero-order chi connectivity index (χ0) is 13.7. The predicted octanol–water partition coefficient (Wildman–Crippen LogP) is 2.21.